The van der Waals surface area contributed by atoms with Crippen molar-refractivity contribution < 1.29 is 14.3 Å². The van der Waals surface area contributed by atoms with Crippen LogP contribution in [0.15, 0.2) is 54.7 Å². The monoisotopic (exact) mass is 376 g/mol. The van der Waals surface area contributed by atoms with E-state index in [-0.39, 0.29) is 5.69 Å². The number of aryl methyl sites for hydroxylation is 2. The van der Waals surface area contributed by atoms with Crippen LogP contribution in [0.4, 0.5) is 17.3 Å². The number of carbonyl (C=O) groups is 2. The number of methoxy groups -OCH3 is 1. The number of benzene rings is 2. The van der Waals surface area contributed by atoms with Crippen molar-refractivity contribution >= 4 is 29.2 Å². The van der Waals surface area contributed by atoms with E-state index in [1.54, 1.807) is 24.3 Å². The van der Waals surface area contributed by atoms with E-state index in [0.717, 1.165) is 16.8 Å². The molecule has 0 unspecified atom stereocenters. The number of carbonyl (C=O) groups excluding carboxylic acids is 2. The van der Waals surface area contributed by atoms with Gasteiger partial charge in [0.25, 0.3) is 5.91 Å². The van der Waals surface area contributed by atoms with Crippen LogP contribution in [0.3, 0.4) is 0 Å². The van der Waals surface area contributed by atoms with E-state index in [4.69, 9.17) is 0 Å². The fourth-order valence-corrected chi connectivity index (χ4v) is 2.76. The molecule has 2 N–H and O–H groups in total. The molecule has 3 aromatic rings. The van der Waals surface area contributed by atoms with Crippen LogP contribution in [0, 0.1) is 13.8 Å². The van der Waals surface area contributed by atoms with Crippen LogP contribution in [0.2, 0.25) is 0 Å². The summed E-state index contributed by atoms with van der Waals surface area (Å²) in [5.41, 5.74) is 4.09. The fraction of sp³-hybridized carbons (Fsp3) is 0.143. The van der Waals surface area contributed by atoms with Gasteiger partial charge in [-0.25, -0.2) is 14.8 Å². The van der Waals surface area contributed by atoms with Gasteiger partial charge >= 0.3 is 5.97 Å². The molecular formula is C21H20N4O3. The molecule has 1 aromatic heterocycles. The molecule has 0 bridgehead atoms. The maximum atomic E-state index is 12.5. The first kappa shape index (κ1) is 19.0. The smallest absolute Gasteiger partial charge is 0.337 e. The summed E-state index contributed by atoms with van der Waals surface area (Å²) < 4.78 is 4.69. The van der Waals surface area contributed by atoms with Crippen molar-refractivity contribution in [3.05, 3.63) is 77.1 Å². The van der Waals surface area contributed by atoms with Crippen molar-refractivity contribution in [1.29, 1.82) is 0 Å². The molecule has 0 aliphatic rings. The van der Waals surface area contributed by atoms with Gasteiger partial charge in [0.15, 0.2) is 0 Å². The summed E-state index contributed by atoms with van der Waals surface area (Å²) in [5.74, 6) is -0.563. The van der Waals surface area contributed by atoms with Gasteiger partial charge in [-0.1, -0.05) is 12.1 Å². The Kier molecular flexibility index (Phi) is 5.64. The zero-order valence-corrected chi connectivity index (χ0v) is 15.8. The number of hydrogen-bond acceptors (Lipinski definition) is 6. The molecule has 2 aromatic carbocycles. The summed E-state index contributed by atoms with van der Waals surface area (Å²) in [6.45, 7) is 4.01. The van der Waals surface area contributed by atoms with Crippen molar-refractivity contribution in [2.45, 2.75) is 13.8 Å². The first-order valence-corrected chi connectivity index (χ1v) is 8.63. The van der Waals surface area contributed by atoms with Gasteiger partial charge in [-0.15, -0.1) is 0 Å². The number of anilines is 3. The molecule has 0 atom stereocenters. The number of nitrogens with zero attached hydrogens (tertiary/aromatic N) is 2. The maximum Gasteiger partial charge on any atom is 0.337 e. The molecule has 1 amide bonds. The third kappa shape index (κ3) is 4.70. The summed E-state index contributed by atoms with van der Waals surface area (Å²) in [6.07, 6.45) is 1.51. The lowest BCUT2D eigenvalue weighted by molar-refractivity contribution is 0.0600. The lowest BCUT2D eigenvalue weighted by Gasteiger charge is -2.09. The van der Waals surface area contributed by atoms with E-state index >= 15 is 0 Å². The van der Waals surface area contributed by atoms with Crippen LogP contribution < -0.4 is 10.6 Å². The van der Waals surface area contributed by atoms with Gasteiger partial charge < -0.3 is 15.4 Å². The highest BCUT2D eigenvalue weighted by atomic mass is 16.5. The maximum absolute atomic E-state index is 12.5. The van der Waals surface area contributed by atoms with Crippen molar-refractivity contribution in [3.63, 3.8) is 0 Å². The van der Waals surface area contributed by atoms with Crippen LogP contribution >= 0.6 is 0 Å². The second-order valence-corrected chi connectivity index (χ2v) is 6.29. The van der Waals surface area contributed by atoms with Gasteiger partial charge in [0.1, 0.15) is 5.69 Å². The zero-order chi connectivity index (χ0) is 20.1. The minimum Gasteiger partial charge on any atom is -0.465 e. The normalized spacial score (nSPS) is 10.2. The van der Waals surface area contributed by atoms with Gasteiger partial charge in [-0.2, -0.15) is 0 Å². The molecule has 7 nitrogen and oxygen atoms in total. The van der Waals surface area contributed by atoms with E-state index in [1.807, 2.05) is 26.0 Å². The molecule has 0 saturated carbocycles. The first-order chi connectivity index (χ1) is 13.4. The van der Waals surface area contributed by atoms with Crippen LogP contribution in [0.1, 0.15) is 32.0 Å². The summed E-state index contributed by atoms with van der Waals surface area (Å²) in [6, 6.07) is 14.0. The van der Waals surface area contributed by atoms with Crippen molar-refractivity contribution in [3.8, 4) is 0 Å². The van der Waals surface area contributed by atoms with Crippen molar-refractivity contribution in [2.24, 2.45) is 0 Å². The Labute approximate surface area is 162 Å². The molecule has 0 radical (unpaired) electrons. The van der Waals surface area contributed by atoms with Gasteiger partial charge in [0, 0.05) is 17.6 Å². The Hall–Kier alpha value is -3.74. The summed E-state index contributed by atoms with van der Waals surface area (Å²) >= 11 is 0. The Morgan fingerprint density at radius 3 is 2.43 bits per heavy atom. The standard InChI is InChI=1S/C21H20N4O3/c1-13-9-14(2)11-17(10-13)24-21-22-8-7-18(25-21)19(26)23-16-6-4-5-15(12-16)20(27)28-3/h4-12H,1-3H3,(H,23,26)(H,22,24,25). The Bertz CT molecular complexity index is 1010. The lowest BCUT2D eigenvalue weighted by atomic mass is 10.1. The number of rotatable bonds is 5. The highest BCUT2D eigenvalue weighted by Crippen LogP contribution is 2.18. The first-order valence-electron chi connectivity index (χ1n) is 8.63. The van der Waals surface area contributed by atoms with Gasteiger partial charge in [-0.3, -0.25) is 4.79 Å². The van der Waals surface area contributed by atoms with E-state index in [9.17, 15) is 9.59 Å². The van der Waals surface area contributed by atoms with Crippen LogP contribution in [0.5, 0.6) is 0 Å². The van der Waals surface area contributed by atoms with Crippen LogP contribution in [-0.4, -0.2) is 29.0 Å². The molecule has 3 rings (SSSR count). The molecule has 0 aliphatic heterocycles. The summed E-state index contributed by atoms with van der Waals surface area (Å²) in [7, 11) is 1.30. The number of hydrogen-bond donors (Lipinski definition) is 2. The summed E-state index contributed by atoms with van der Waals surface area (Å²) in [4.78, 5) is 32.6. The minimum absolute atomic E-state index is 0.199. The lowest BCUT2D eigenvalue weighted by Crippen LogP contribution is -2.15. The Balaban J connectivity index is 1.76. The average molecular weight is 376 g/mol. The number of aromatic nitrogens is 2. The SMILES string of the molecule is COC(=O)c1cccc(NC(=O)c2ccnc(Nc3cc(C)cc(C)c3)n2)c1. The highest BCUT2D eigenvalue weighted by Gasteiger charge is 2.12. The second-order valence-electron chi connectivity index (χ2n) is 6.29. The van der Waals surface area contributed by atoms with Crippen molar-refractivity contribution in [1.82, 2.24) is 9.97 Å². The molecule has 28 heavy (non-hydrogen) atoms. The topological polar surface area (TPSA) is 93.2 Å². The van der Waals surface area contributed by atoms with E-state index < -0.39 is 11.9 Å². The van der Waals surface area contributed by atoms with Crippen LogP contribution in [0.25, 0.3) is 0 Å². The number of ether oxygens (including phenoxy) is 1. The molecule has 1 heterocycles. The number of esters is 1. The third-order valence-electron chi connectivity index (χ3n) is 3.91. The molecule has 142 valence electrons. The fourth-order valence-electron chi connectivity index (χ4n) is 2.76. The van der Waals surface area contributed by atoms with Crippen LogP contribution in [-0.2, 0) is 4.74 Å². The minimum atomic E-state index is -0.474. The van der Waals surface area contributed by atoms with Gasteiger partial charge in [-0.05, 0) is 61.4 Å². The molecular weight excluding hydrogens is 356 g/mol. The van der Waals surface area contributed by atoms with Crippen molar-refractivity contribution in [2.75, 3.05) is 17.7 Å². The molecule has 0 fully saturated rings. The largest absolute Gasteiger partial charge is 0.465 e. The van der Waals surface area contributed by atoms with Gasteiger partial charge in [0.2, 0.25) is 5.95 Å². The quantitative estimate of drug-likeness (QED) is 0.657. The molecule has 0 aliphatic carbocycles. The summed E-state index contributed by atoms with van der Waals surface area (Å²) in [5, 5.41) is 5.84. The zero-order valence-electron chi connectivity index (χ0n) is 15.8. The average Bonchev–Trinajstić information content (AvgIpc) is 2.67. The van der Waals surface area contributed by atoms with E-state index in [2.05, 4.69) is 31.4 Å². The van der Waals surface area contributed by atoms with Gasteiger partial charge in [0.05, 0.1) is 12.7 Å². The molecule has 7 heteroatoms. The van der Waals surface area contributed by atoms with E-state index in [1.165, 1.54) is 19.4 Å². The Morgan fingerprint density at radius 1 is 0.964 bits per heavy atom. The number of nitrogens with one attached hydrogen (secondary N) is 2. The Morgan fingerprint density at radius 2 is 1.71 bits per heavy atom. The molecule has 0 spiro atoms. The second kappa shape index (κ2) is 8.30. The number of amides is 1. The highest BCUT2D eigenvalue weighted by molar-refractivity contribution is 6.03. The third-order valence-corrected chi connectivity index (χ3v) is 3.91. The predicted molar refractivity (Wildman–Crippen MR) is 107 cm³/mol. The van der Waals surface area contributed by atoms with E-state index in [0.29, 0.717) is 17.2 Å². The molecule has 0 saturated heterocycles. The predicted octanol–water partition coefficient (Wildman–Crippen LogP) is 3.88.